The van der Waals surface area contributed by atoms with Crippen LogP contribution in [0.5, 0.6) is 0 Å². The van der Waals surface area contributed by atoms with Crippen molar-refractivity contribution in [2.75, 3.05) is 7.05 Å². The van der Waals surface area contributed by atoms with Gasteiger partial charge in [-0.1, -0.05) is 5.16 Å². The summed E-state index contributed by atoms with van der Waals surface area (Å²) < 4.78 is 10.2. The molecule has 0 aliphatic heterocycles. The monoisotopic (exact) mass is 193 g/mol. The minimum absolute atomic E-state index is 0.571. The van der Waals surface area contributed by atoms with Gasteiger partial charge in [-0.2, -0.15) is 4.98 Å². The van der Waals surface area contributed by atoms with Crippen LogP contribution in [0.3, 0.4) is 0 Å². The molecule has 14 heavy (non-hydrogen) atoms. The number of aromatic nitrogens is 2. The molecule has 1 N–H and O–H groups in total. The van der Waals surface area contributed by atoms with E-state index >= 15 is 0 Å². The zero-order chi connectivity index (χ0) is 9.97. The summed E-state index contributed by atoms with van der Waals surface area (Å²) in [5, 5.41) is 6.79. The normalized spacial score (nSPS) is 10.7. The van der Waals surface area contributed by atoms with E-state index in [0.717, 1.165) is 11.3 Å². The van der Waals surface area contributed by atoms with Gasteiger partial charge in [0.15, 0.2) is 0 Å². The van der Waals surface area contributed by atoms with Crippen molar-refractivity contribution >= 4 is 0 Å². The van der Waals surface area contributed by atoms with Crippen LogP contribution in [0.2, 0.25) is 0 Å². The third-order valence-corrected chi connectivity index (χ3v) is 1.90. The van der Waals surface area contributed by atoms with Crippen molar-refractivity contribution in [3.63, 3.8) is 0 Å². The van der Waals surface area contributed by atoms with Gasteiger partial charge in [-0.15, -0.1) is 0 Å². The zero-order valence-electron chi connectivity index (χ0n) is 8.07. The van der Waals surface area contributed by atoms with Gasteiger partial charge >= 0.3 is 0 Å². The van der Waals surface area contributed by atoms with Crippen molar-refractivity contribution in [1.29, 1.82) is 0 Å². The first kappa shape index (κ1) is 8.96. The lowest BCUT2D eigenvalue weighted by Crippen LogP contribution is -2.04. The van der Waals surface area contributed by atoms with Gasteiger partial charge in [0.25, 0.3) is 0 Å². The van der Waals surface area contributed by atoms with Crippen molar-refractivity contribution in [1.82, 2.24) is 15.5 Å². The van der Waals surface area contributed by atoms with Gasteiger partial charge < -0.3 is 14.3 Å². The Morgan fingerprint density at radius 1 is 1.50 bits per heavy atom. The SMILES string of the molecule is CNCc1nc(-c2ccoc2C)no1. The van der Waals surface area contributed by atoms with Crippen molar-refractivity contribution in [3.05, 3.63) is 24.0 Å². The Bertz CT molecular complexity index is 419. The molecule has 0 fully saturated rings. The molecule has 5 heteroatoms. The molecule has 5 nitrogen and oxygen atoms in total. The molecule has 0 unspecified atom stereocenters. The number of nitrogens with one attached hydrogen (secondary N) is 1. The topological polar surface area (TPSA) is 64.1 Å². The highest BCUT2D eigenvalue weighted by Gasteiger charge is 2.11. The zero-order valence-corrected chi connectivity index (χ0v) is 8.07. The molecule has 2 aromatic rings. The van der Waals surface area contributed by atoms with Gasteiger partial charge in [0, 0.05) is 0 Å². The van der Waals surface area contributed by atoms with Crippen LogP contribution in [0.15, 0.2) is 21.3 Å². The Hall–Kier alpha value is -1.62. The van der Waals surface area contributed by atoms with Crippen LogP contribution in [-0.4, -0.2) is 17.2 Å². The molecule has 0 aliphatic rings. The van der Waals surface area contributed by atoms with E-state index < -0.39 is 0 Å². The van der Waals surface area contributed by atoms with Crippen LogP contribution in [0.1, 0.15) is 11.7 Å². The van der Waals surface area contributed by atoms with E-state index in [2.05, 4.69) is 15.5 Å². The van der Waals surface area contributed by atoms with E-state index in [1.54, 1.807) is 6.26 Å². The second kappa shape index (κ2) is 3.63. The van der Waals surface area contributed by atoms with Gasteiger partial charge in [0.05, 0.1) is 18.4 Å². The second-order valence-corrected chi connectivity index (χ2v) is 2.93. The summed E-state index contributed by atoms with van der Waals surface area (Å²) in [6.45, 7) is 2.44. The highest BCUT2D eigenvalue weighted by Crippen LogP contribution is 2.20. The fourth-order valence-electron chi connectivity index (χ4n) is 1.20. The predicted molar refractivity (Wildman–Crippen MR) is 49.5 cm³/mol. The van der Waals surface area contributed by atoms with Crippen LogP contribution in [0, 0.1) is 6.92 Å². The Kier molecular flexibility index (Phi) is 2.32. The lowest BCUT2D eigenvalue weighted by atomic mass is 10.2. The molecule has 0 spiro atoms. The molecule has 74 valence electrons. The van der Waals surface area contributed by atoms with E-state index in [9.17, 15) is 0 Å². The Morgan fingerprint density at radius 2 is 2.36 bits per heavy atom. The number of rotatable bonds is 3. The molecule has 0 saturated heterocycles. The van der Waals surface area contributed by atoms with E-state index in [0.29, 0.717) is 18.3 Å². The van der Waals surface area contributed by atoms with Crippen LogP contribution < -0.4 is 5.32 Å². The molecule has 0 aromatic carbocycles. The summed E-state index contributed by atoms with van der Waals surface area (Å²) in [5.74, 6) is 1.94. The maximum atomic E-state index is 5.15. The maximum absolute atomic E-state index is 5.15. The second-order valence-electron chi connectivity index (χ2n) is 2.93. The molecule has 0 amide bonds. The minimum Gasteiger partial charge on any atom is -0.469 e. The number of furan rings is 1. The standard InChI is InChI=1S/C9H11N3O2/c1-6-7(3-4-13-6)9-11-8(5-10-2)14-12-9/h3-4,10H,5H2,1-2H3. The number of hydrogen-bond donors (Lipinski definition) is 1. The summed E-state index contributed by atoms with van der Waals surface area (Å²) in [6.07, 6.45) is 1.61. The summed E-state index contributed by atoms with van der Waals surface area (Å²) in [6, 6.07) is 1.82. The van der Waals surface area contributed by atoms with Crippen LogP contribution in [0.4, 0.5) is 0 Å². The first-order chi connectivity index (χ1) is 6.81. The minimum atomic E-state index is 0.571. The summed E-state index contributed by atoms with van der Waals surface area (Å²) in [7, 11) is 1.83. The Morgan fingerprint density at radius 3 is 3.00 bits per heavy atom. The lowest BCUT2D eigenvalue weighted by Gasteiger charge is -1.88. The van der Waals surface area contributed by atoms with Crippen molar-refractivity contribution in [2.45, 2.75) is 13.5 Å². The quantitative estimate of drug-likeness (QED) is 0.797. The van der Waals surface area contributed by atoms with Crippen molar-refractivity contribution in [3.8, 4) is 11.4 Å². The van der Waals surface area contributed by atoms with Gasteiger partial charge in [0.1, 0.15) is 5.76 Å². The number of nitrogens with zero attached hydrogens (tertiary/aromatic N) is 2. The summed E-state index contributed by atoms with van der Waals surface area (Å²) >= 11 is 0. The van der Waals surface area contributed by atoms with E-state index in [1.807, 2.05) is 20.0 Å². The first-order valence-corrected chi connectivity index (χ1v) is 4.33. The highest BCUT2D eigenvalue weighted by atomic mass is 16.5. The first-order valence-electron chi connectivity index (χ1n) is 4.33. The van der Waals surface area contributed by atoms with Crippen LogP contribution >= 0.6 is 0 Å². The van der Waals surface area contributed by atoms with Gasteiger partial charge in [-0.3, -0.25) is 0 Å². The van der Waals surface area contributed by atoms with E-state index in [-0.39, 0.29) is 0 Å². The number of aryl methyl sites for hydroxylation is 1. The Labute approximate surface area is 81.1 Å². The van der Waals surface area contributed by atoms with E-state index in [4.69, 9.17) is 8.94 Å². The summed E-state index contributed by atoms with van der Waals surface area (Å²) in [4.78, 5) is 4.20. The van der Waals surface area contributed by atoms with Gasteiger partial charge in [-0.05, 0) is 20.0 Å². The highest BCUT2D eigenvalue weighted by molar-refractivity contribution is 5.55. The molecule has 0 aliphatic carbocycles. The molecule has 2 aromatic heterocycles. The lowest BCUT2D eigenvalue weighted by molar-refractivity contribution is 0.372. The van der Waals surface area contributed by atoms with Crippen molar-refractivity contribution < 1.29 is 8.94 Å². The smallest absolute Gasteiger partial charge is 0.240 e. The van der Waals surface area contributed by atoms with Gasteiger partial charge in [-0.25, -0.2) is 0 Å². The molecule has 2 rings (SSSR count). The van der Waals surface area contributed by atoms with Crippen LogP contribution in [-0.2, 0) is 6.54 Å². The molecule has 0 atom stereocenters. The average molecular weight is 193 g/mol. The third kappa shape index (κ3) is 1.54. The largest absolute Gasteiger partial charge is 0.469 e. The fraction of sp³-hybridized carbons (Fsp3) is 0.333. The van der Waals surface area contributed by atoms with Crippen molar-refractivity contribution in [2.24, 2.45) is 0 Å². The molecule has 0 saturated carbocycles. The van der Waals surface area contributed by atoms with Gasteiger partial charge in [0.2, 0.25) is 11.7 Å². The Balaban J connectivity index is 2.29. The molecular formula is C9H11N3O2. The fourth-order valence-corrected chi connectivity index (χ4v) is 1.20. The van der Waals surface area contributed by atoms with E-state index in [1.165, 1.54) is 0 Å². The third-order valence-electron chi connectivity index (χ3n) is 1.90. The average Bonchev–Trinajstić information content (AvgIpc) is 2.74. The number of hydrogen-bond acceptors (Lipinski definition) is 5. The van der Waals surface area contributed by atoms with Crippen LogP contribution in [0.25, 0.3) is 11.4 Å². The maximum Gasteiger partial charge on any atom is 0.240 e. The molecule has 0 radical (unpaired) electrons. The predicted octanol–water partition coefficient (Wildman–Crippen LogP) is 1.36. The molecular weight excluding hydrogens is 182 g/mol. The summed E-state index contributed by atoms with van der Waals surface area (Å²) in [5.41, 5.74) is 0.871. The molecule has 2 heterocycles. The molecule has 0 bridgehead atoms.